The van der Waals surface area contributed by atoms with Gasteiger partial charge in [-0.15, -0.1) is 0 Å². The van der Waals surface area contributed by atoms with E-state index in [1.807, 2.05) is 0 Å². The maximum atomic E-state index is 12.8. The van der Waals surface area contributed by atoms with Crippen molar-refractivity contribution in [3.8, 4) is 0 Å². The van der Waals surface area contributed by atoms with Gasteiger partial charge >= 0.3 is 5.97 Å². The summed E-state index contributed by atoms with van der Waals surface area (Å²) in [5.41, 5.74) is -0.953. The van der Waals surface area contributed by atoms with Gasteiger partial charge in [0.1, 0.15) is 6.04 Å². The molecule has 0 bridgehead atoms. The lowest BCUT2D eigenvalue weighted by Gasteiger charge is -2.06. The van der Waals surface area contributed by atoms with Gasteiger partial charge in [-0.05, 0) is 6.42 Å². The van der Waals surface area contributed by atoms with Crippen molar-refractivity contribution in [2.24, 2.45) is 5.41 Å². The van der Waals surface area contributed by atoms with E-state index in [2.05, 4.69) is 10.1 Å². The first-order valence-corrected chi connectivity index (χ1v) is 4.20. The number of halogens is 2. The van der Waals surface area contributed by atoms with Gasteiger partial charge in [-0.1, -0.05) is 0 Å². The summed E-state index contributed by atoms with van der Waals surface area (Å²) in [6, 6.07) is -0.543. The van der Waals surface area contributed by atoms with Crippen molar-refractivity contribution in [1.29, 1.82) is 0 Å². The van der Waals surface area contributed by atoms with Crippen LogP contribution < -0.4 is 5.32 Å². The van der Waals surface area contributed by atoms with Crippen LogP contribution in [-0.4, -0.2) is 31.6 Å². The van der Waals surface area contributed by atoms with Crippen molar-refractivity contribution < 1.29 is 18.3 Å². The van der Waals surface area contributed by atoms with Gasteiger partial charge in [-0.25, -0.2) is 8.78 Å². The van der Waals surface area contributed by atoms with E-state index in [4.69, 9.17) is 0 Å². The van der Waals surface area contributed by atoms with E-state index >= 15 is 0 Å². The average Bonchev–Trinajstić information content (AvgIpc) is 2.50. The number of carbonyl (C=O) groups is 1. The van der Waals surface area contributed by atoms with Crippen LogP contribution in [-0.2, 0) is 9.53 Å². The number of alkyl halides is 2. The number of hydrogen-bond acceptors (Lipinski definition) is 3. The van der Waals surface area contributed by atoms with Crippen molar-refractivity contribution >= 4 is 5.97 Å². The van der Waals surface area contributed by atoms with E-state index in [0.717, 1.165) is 0 Å². The van der Waals surface area contributed by atoms with Crippen LogP contribution >= 0.6 is 0 Å². The molecule has 1 saturated heterocycles. The third-order valence-electron chi connectivity index (χ3n) is 2.98. The molecule has 0 aromatic carbocycles. The Kier molecular flexibility index (Phi) is 1.64. The van der Waals surface area contributed by atoms with Crippen molar-refractivity contribution in [2.45, 2.75) is 24.8 Å². The van der Waals surface area contributed by atoms with Crippen LogP contribution in [0.1, 0.15) is 12.8 Å². The molecule has 1 spiro atoms. The Hall–Kier alpha value is -0.710. The maximum absolute atomic E-state index is 12.8. The highest BCUT2D eigenvalue weighted by Gasteiger charge is 2.73. The Balaban J connectivity index is 2.00. The summed E-state index contributed by atoms with van der Waals surface area (Å²) in [6.07, 6.45) is 0.104. The first-order chi connectivity index (χ1) is 6.01. The molecule has 1 saturated carbocycles. The van der Waals surface area contributed by atoms with Crippen molar-refractivity contribution in [3.05, 3.63) is 0 Å². The highest BCUT2D eigenvalue weighted by molar-refractivity contribution is 5.76. The lowest BCUT2D eigenvalue weighted by Crippen LogP contribution is -2.31. The van der Waals surface area contributed by atoms with Gasteiger partial charge in [0.2, 0.25) is 0 Å². The number of rotatable bonds is 1. The SMILES string of the molecule is COC(=O)[C@H]1C[C@@]2(CN1)CC2(F)F. The van der Waals surface area contributed by atoms with Gasteiger partial charge in [0.05, 0.1) is 12.5 Å². The molecular weight excluding hydrogens is 180 g/mol. The standard InChI is InChI=1S/C8H11F2NO2/c1-13-6(12)5-2-7(4-11-5)3-8(7,9)10/h5,11H,2-4H2,1H3/t5-,7+/m1/s1. The lowest BCUT2D eigenvalue weighted by atomic mass is 10.0. The molecule has 13 heavy (non-hydrogen) atoms. The third kappa shape index (κ3) is 1.14. The molecule has 1 heterocycles. The Morgan fingerprint density at radius 2 is 2.23 bits per heavy atom. The minimum absolute atomic E-state index is 0.0967. The second-order valence-corrected chi connectivity index (χ2v) is 3.82. The molecule has 2 aliphatic rings. The second-order valence-electron chi connectivity index (χ2n) is 3.82. The van der Waals surface area contributed by atoms with E-state index in [-0.39, 0.29) is 19.4 Å². The molecule has 74 valence electrons. The fraction of sp³-hybridized carbons (Fsp3) is 0.875. The molecule has 0 aromatic heterocycles. The number of hydrogen-bond donors (Lipinski definition) is 1. The zero-order chi connectivity index (χ0) is 9.69. The van der Waals surface area contributed by atoms with E-state index < -0.39 is 23.3 Å². The fourth-order valence-corrected chi connectivity index (χ4v) is 1.96. The Morgan fingerprint density at radius 1 is 1.62 bits per heavy atom. The van der Waals surface area contributed by atoms with Gasteiger partial charge in [0.25, 0.3) is 5.92 Å². The predicted octanol–water partition coefficient (Wildman–Crippen LogP) is 0.547. The fourth-order valence-electron chi connectivity index (χ4n) is 1.96. The molecule has 2 fully saturated rings. The van der Waals surface area contributed by atoms with Crippen LogP contribution in [0.3, 0.4) is 0 Å². The molecule has 1 aliphatic carbocycles. The van der Waals surface area contributed by atoms with Crippen LogP contribution in [0.5, 0.6) is 0 Å². The molecule has 0 amide bonds. The molecule has 2 rings (SSSR count). The van der Waals surface area contributed by atoms with E-state index in [1.165, 1.54) is 7.11 Å². The number of methoxy groups -OCH3 is 1. The van der Waals surface area contributed by atoms with Crippen molar-refractivity contribution in [1.82, 2.24) is 5.32 Å². The molecule has 0 radical (unpaired) electrons. The summed E-state index contributed by atoms with van der Waals surface area (Å²) in [5, 5.41) is 2.76. The smallest absolute Gasteiger partial charge is 0.322 e. The number of esters is 1. The summed E-state index contributed by atoms with van der Waals surface area (Å²) in [7, 11) is 1.26. The molecule has 1 aliphatic heterocycles. The van der Waals surface area contributed by atoms with Crippen LogP contribution in [0.2, 0.25) is 0 Å². The molecule has 2 atom stereocenters. The van der Waals surface area contributed by atoms with Gasteiger partial charge in [0, 0.05) is 13.0 Å². The topological polar surface area (TPSA) is 38.3 Å². The third-order valence-corrected chi connectivity index (χ3v) is 2.98. The van der Waals surface area contributed by atoms with E-state index in [9.17, 15) is 13.6 Å². The highest BCUT2D eigenvalue weighted by Crippen LogP contribution is 2.64. The number of ether oxygens (including phenoxy) is 1. The van der Waals surface area contributed by atoms with Gasteiger partial charge in [-0.3, -0.25) is 4.79 Å². The molecule has 0 aromatic rings. The van der Waals surface area contributed by atoms with E-state index in [0.29, 0.717) is 0 Å². The normalized spacial score (nSPS) is 40.7. The Bertz CT molecular complexity index is 257. The second kappa shape index (κ2) is 2.41. The summed E-state index contributed by atoms with van der Waals surface area (Å²) in [4.78, 5) is 11.0. The molecule has 3 nitrogen and oxygen atoms in total. The summed E-state index contributed by atoms with van der Waals surface area (Å²) >= 11 is 0. The predicted molar refractivity (Wildman–Crippen MR) is 40.4 cm³/mol. The van der Waals surface area contributed by atoms with Crippen LogP contribution in [0.4, 0.5) is 8.78 Å². The average molecular weight is 191 g/mol. The maximum Gasteiger partial charge on any atom is 0.322 e. The molecule has 1 N–H and O–H groups in total. The molecular formula is C8H11F2NO2. The number of nitrogens with one attached hydrogen (secondary N) is 1. The Morgan fingerprint density at radius 3 is 2.62 bits per heavy atom. The summed E-state index contributed by atoms with van der Waals surface area (Å²) < 4.78 is 30.2. The van der Waals surface area contributed by atoms with E-state index in [1.54, 1.807) is 0 Å². The monoisotopic (exact) mass is 191 g/mol. The highest BCUT2D eigenvalue weighted by atomic mass is 19.3. The van der Waals surface area contributed by atoms with Crippen LogP contribution in [0, 0.1) is 5.41 Å². The van der Waals surface area contributed by atoms with Gasteiger partial charge < -0.3 is 10.1 Å². The lowest BCUT2D eigenvalue weighted by molar-refractivity contribution is -0.142. The number of carbonyl (C=O) groups excluding carboxylic acids is 1. The summed E-state index contributed by atoms with van der Waals surface area (Å²) in [5.74, 6) is -3.03. The van der Waals surface area contributed by atoms with Crippen molar-refractivity contribution in [2.75, 3.05) is 13.7 Å². The summed E-state index contributed by atoms with van der Waals surface area (Å²) in [6.45, 7) is 0.222. The zero-order valence-electron chi connectivity index (χ0n) is 7.27. The van der Waals surface area contributed by atoms with Crippen LogP contribution in [0.25, 0.3) is 0 Å². The molecule has 0 unspecified atom stereocenters. The Labute approximate surface area is 74.4 Å². The molecule has 5 heteroatoms. The zero-order valence-corrected chi connectivity index (χ0v) is 7.27. The largest absolute Gasteiger partial charge is 0.468 e. The quantitative estimate of drug-likeness (QED) is 0.615. The van der Waals surface area contributed by atoms with Crippen LogP contribution in [0.15, 0.2) is 0 Å². The van der Waals surface area contributed by atoms with Gasteiger partial charge in [-0.2, -0.15) is 0 Å². The first-order valence-electron chi connectivity index (χ1n) is 4.20. The van der Waals surface area contributed by atoms with Crippen molar-refractivity contribution in [3.63, 3.8) is 0 Å². The van der Waals surface area contributed by atoms with Gasteiger partial charge in [0.15, 0.2) is 0 Å². The minimum Gasteiger partial charge on any atom is -0.468 e. The first kappa shape index (κ1) is 8.87. The minimum atomic E-state index is -2.58.